The summed E-state index contributed by atoms with van der Waals surface area (Å²) in [6.45, 7) is 0.405. The van der Waals surface area contributed by atoms with Crippen molar-refractivity contribution in [1.82, 2.24) is 34.4 Å². The van der Waals surface area contributed by atoms with Gasteiger partial charge in [0.1, 0.15) is 29.6 Å². The van der Waals surface area contributed by atoms with Crippen LogP contribution in [0.15, 0.2) is 61.1 Å². The number of halogens is 1. The Balaban J connectivity index is 1.77. The van der Waals surface area contributed by atoms with E-state index in [2.05, 4.69) is 31.1 Å². The predicted octanol–water partition coefficient (Wildman–Crippen LogP) is 2.98. The van der Waals surface area contributed by atoms with E-state index in [1.165, 1.54) is 16.9 Å². The van der Waals surface area contributed by atoms with E-state index in [-0.39, 0.29) is 22.9 Å². The molecule has 2 aromatic carbocycles. The van der Waals surface area contributed by atoms with Crippen molar-refractivity contribution in [1.29, 1.82) is 5.26 Å². The highest BCUT2D eigenvalue weighted by Gasteiger charge is 2.27. The highest BCUT2D eigenvalue weighted by molar-refractivity contribution is 5.83. The van der Waals surface area contributed by atoms with Crippen molar-refractivity contribution in [3.05, 3.63) is 89.4 Å². The highest BCUT2D eigenvalue weighted by atomic mass is 19.1. The second kappa shape index (κ2) is 9.69. The summed E-state index contributed by atoms with van der Waals surface area (Å²) >= 11 is 0. The first-order valence-corrected chi connectivity index (χ1v) is 11.3. The van der Waals surface area contributed by atoms with Crippen LogP contribution >= 0.6 is 0 Å². The number of hydrogen-bond donors (Lipinski definition) is 2. The van der Waals surface area contributed by atoms with Crippen LogP contribution in [-0.2, 0) is 6.54 Å². The minimum atomic E-state index is -1.47. The van der Waals surface area contributed by atoms with Gasteiger partial charge in [-0.15, -0.1) is 5.10 Å². The van der Waals surface area contributed by atoms with Gasteiger partial charge in [-0.1, -0.05) is 30.3 Å². The third kappa shape index (κ3) is 4.35. The molecule has 0 fully saturated rings. The minimum Gasteiger partial charge on any atom is -0.381 e. The van der Waals surface area contributed by atoms with Gasteiger partial charge in [-0.25, -0.2) is 28.8 Å². The van der Waals surface area contributed by atoms with E-state index >= 15 is 0 Å². The Morgan fingerprint density at radius 2 is 1.95 bits per heavy atom. The van der Waals surface area contributed by atoms with Crippen molar-refractivity contribution < 1.29 is 9.50 Å². The number of nitrogens with zero attached hydrogens (tertiary/aromatic N) is 8. The molecule has 1 atom stereocenters. The van der Waals surface area contributed by atoms with E-state index in [4.69, 9.17) is 5.73 Å². The molecular formula is C26H22FN9O. The molecule has 184 valence electrons. The van der Waals surface area contributed by atoms with E-state index in [0.29, 0.717) is 40.3 Å². The van der Waals surface area contributed by atoms with Crippen molar-refractivity contribution in [2.24, 2.45) is 0 Å². The molecule has 0 aliphatic carbocycles. The van der Waals surface area contributed by atoms with Crippen molar-refractivity contribution in [3.8, 4) is 28.7 Å². The number of aliphatic hydroxyl groups is 1. The van der Waals surface area contributed by atoms with Gasteiger partial charge in [0.2, 0.25) is 0 Å². The summed E-state index contributed by atoms with van der Waals surface area (Å²) in [5.74, 6) is -0.607. The number of hydrogen-bond acceptors (Lipinski definition) is 9. The van der Waals surface area contributed by atoms with Crippen LogP contribution in [0, 0.1) is 17.1 Å². The van der Waals surface area contributed by atoms with Crippen LogP contribution in [0.2, 0.25) is 0 Å². The van der Waals surface area contributed by atoms with Crippen LogP contribution in [0.4, 0.5) is 10.2 Å². The number of rotatable bonds is 6. The first kappa shape index (κ1) is 23.9. The molecule has 1 unspecified atom stereocenters. The minimum absolute atomic E-state index is 0.0218. The number of benzene rings is 2. The van der Waals surface area contributed by atoms with Crippen LogP contribution in [0.1, 0.15) is 28.6 Å². The molecule has 37 heavy (non-hydrogen) atoms. The lowest BCUT2D eigenvalue weighted by Crippen LogP contribution is -2.16. The van der Waals surface area contributed by atoms with Gasteiger partial charge in [0.05, 0.1) is 17.3 Å². The number of nitrogens with two attached hydrogens (primary N) is 1. The SMILES string of the molecule is CN(C)Cc1cccc(F)c1C(O)c1nc2c(N)nc(-c3ccccc3C#N)c(-c3ccncn3)n2n1. The third-order valence-electron chi connectivity index (χ3n) is 5.80. The molecule has 5 rings (SSSR count). The average Bonchev–Trinajstić information content (AvgIpc) is 3.34. The Kier molecular flexibility index (Phi) is 6.27. The second-order valence-corrected chi connectivity index (χ2v) is 8.60. The zero-order valence-corrected chi connectivity index (χ0v) is 20.0. The summed E-state index contributed by atoms with van der Waals surface area (Å²) in [6, 6.07) is 15.4. The zero-order valence-electron chi connectivity index (χ0n) is 20.0. The molecule has 0 saturated heterocycles. The zero-order chi connectivity index (χ0) is 26.1. The molecule has 0 saturated carbocycles. The monoisotopic (exact) mass is 495 g/mol. The van der Waals surface area contributed by atoms with Crippen LogP contribution in [0.3, 0.4) is 0 Å². The molecule has 3 aromatic heterocycles. The number of fused-ring (bicyclic) bond motifs is 1. The maximum Gasteiger partial charge on any atom is 0.199 e. The van der Waals surface area contributed by atoms with Crippen LogP contribution in [0.5, 0.6) is 0 Å². The maximum absolute atomic E-state index is 15.0. The lowest BCUT2D eigenvalue weighted by Gasteiger charge is -2.17. The number of aromatic nitrogens is 6. The lowest BCUT2D eigenvalue weighted by atomic mass is 10.0. The van der Waals surface area contributed by atoms with Crippen molar-refractivity contribution in [3.63, 3.8) is 0 Å². The topological polar surface area (TPSA) is 142 Å². The molecule has 0 aliphatic rings. The van der Waals surface area contributed by atoms with E-state index in [1.54, 1.807) is 48.7 Å². The summed E-state index contributed by atoms with van der Waals surface area (Å²) in [6.07, 6.45) is 1.46. The Hall–Kier alpha value is -4.79. The number of aliphatic hydroxyl groups excluding tert-OH is 1. The van der Waals surface area contributed by atoms with Gasteiger partial charge in [0, 0.05) is 23.9 Å². The normalized spacial score (nSPS) is 12.1. The predicted molar refractivity (Wildman–Crippen MR) is 134 cm³/mol. The molecule has 0 spiro atoms. The number of nitriles is 1. The van der Waals surface area contributed by atoms with Gasteiger partial charge in [-0.3, -0.25) is 0 Å². The maximum atomic E-state index is 15.0. The number of anilines is 1. The molecule has 11 heteroatoms. The van der Waals surface area contributed by atoms with E-state index in [0.717, 1.165) is 0 Å². The van der Waals surface area contributed by atoms with Crippen LogP contribution in [0.25, 0.3) is 28.3 Å². The Morgan fingerprint density at radius 3 is 2.68 bits per heavy atom. The Labute approximate surface area is 211 Å². The Morgan fingerprint density at radius 1 is 1.14 bits per heavy atom. The first-order valence-electron chi connectivity index (χ1n) is 11.3. The largest absolute Gasteiger partial charge is 0.381 e. The fourth-order valence-electron chi connectivity index (χ4n) is 4.22. The quantitative estimate of drug-likeness (QED) is 0.363. The second-order valence-electron chi connectivity index (χ2n) is 8.60. The van der Waals surface area contributed by atoms with Gasteiger partial charge < -0.3 is 15.7 Å². The fourth-order valence-corrected chi connectivity index (χ4v) is 4.22. The van der Waals surface area contributed by atoms with Crippen LogP contribution in [-0.4, -0.2) is 53.7 Å². The summed E-state index contributed by atoms with van der Waals surface area (Å²) in [5, 5.41) is 25.5. The van der Waals surface area contributed by atoms with E-state index in [9.17, 15) is 14.8 Å². The average molecular weight is 496 g/mol. The molecule has 0 amide bonds. The van der Waals surface area contributed by atoms with Gasteiger partial charge in [0.15, 0.2) is 17.3 Å². The molecule has 0 bridgehead atoms. The van der Waals surface area contributed by atoms with Crippen molar-refractivity contribution >= 4 is 11.5 Å². The van der Waals surface area contributed by atoms with Crippen molar-refractivity contribution in [2.75, 3.05) is 19.8 Å². The summed E-state index contributed by atoms with van der Waals surface area (Å²) in [7, 11) is 3.70. The fraction of sp³-hybridized carbons (Fsp3) is 0.154. The van der Waals surface area contributed by atoms with Gasteiger partial charge in [-0.05, 0) is 37.9 Å². The molecule has 5 aromatic rings. The van der Waals surface area contributed by atoms with Gasteiger partial charge in [0.25, 0.3) is 0 Å². The lowest BCUT2D eigenvalue weighted by molar-refractivity contribution is 0.202. The first-order chi connectivity index (χ1) is 17.9. The van der Waals surface area contributed by atoms with Crippen molar-refractivity contribution in [2.45, 2.75) is 12.6 Å². The van der Waals surface area contributed by atoms with E-state index in [1.807, 2.05) is 19.0 Å². The molecule has 3 heterocycles. The molecular weight excluding hydrogens is 473 g/mol. The van der Waals surface area contributed by atoms with Gasteiger partial charge >= 0.3 is 0 Å². The summed E-state index contributed by atoms with van der Waals surface area (Å²) in [5.41, 5.74) is 9.22. The molecule has 10 nitrogen and oxygen atoms in total. The molecule has 0 aliphatic heterocycles. The van der Waals surface area contributed by atoms with E-state index < -0.39 is 11.9 Å². The standard InChI is InChI=1S/C26H22FN9O/c1-35(2)13-16-7-5-9-18(27)20(16)23(37)25-33-26-24(29)32-21(17-8-4-3-6-15(17)12-28)22(36(26)34-25)19-10-11-30-14-31-19/h3-11,14,23,37H,13H2,1-2H3,(H2,29,32). The molecule has 3 N–H and O–H groups in total. The highest BCUT2D eigenvalue weighted by Crippen LogP contribution is 2.34. The number of nitrogen functional groups attached to an aromatic ring is 1. The molecule has 0 radical (unpaired) electrons. The Bertz CT molecular complexity index is 1640. The summed E-state index contributed by atoms with van der Waals surface area (Å²) < 4.78 is 16.4. The summed E-state index contributed by atoms with van der Waals surface area (Å²) in [4.78, 5) is 19.2. The third-order valence-corrected chi connectivity index (χ3v) is 5.80. The van der Waals surface area contributed by atoms with Crippen LogP contribution < -0.4 is 5.73 Å². The van der Waals surface area contributed by atoms with Gasteiger partial charge in [-0.2, -0.15) is 5.26 Å². The smallest absolute Gasteiger partial charge is 0.199 e.